The Balaban J connectivity index is 1.65. The lowest BCUT2D eigenvalue weighted by Crippen LogP contribution is -2.16. The molecule has 0 aromatic heterocycles. The van der Waals surface area contributed by atoms with Crippen LogP contribution in [0.15, 0.2) is 24.3 Å². The van der Waals surface area contributed by atoms with Gasteiger partial charge in [-0.3, -0.25) is 4.79 Å². The minimum Gasteiger partial charge on any atom is -0.294 e. The van der Waals surface area contributed by atoms with Gasteiger partial charge in [0.05, 0.1) is 0 Å². The van der Waals surface area contributed by atoms with Gasteiger partial charge in [0.1, 0.15) is 0 Å². The van der Waals surface area contributed by atoms with Crippen molar-refractivity contribution in [3.05, 3.63) is 35.4 Å². The van der Waals surface area contributed by atoms with Crippen LogP contribution >= 0.6 is 0 Å². The topological polar surface area (TPSA) is 17.1 Å². The summed E-state index contributed by atoms with van der Waals surface area (Å²) in [5.41, 5.74) is 2.36. The third-order valence-electron chi connectivity index (χ3n) is 5.41. The highest BCUT2D eigenvalue weighted by atomic mass is 16.1. The highest BCUT2D eigenvalue weighted by Crippen LogP contribution is 2.49. The number of rotatable bonds is 3. The zero-order valence-electron chi connectivity index (χ0n) is 13.0. The third-order valence-corrected chi connectivity index (χ3v) is 5.41. The fourth-order valence-electron chi connectivity index (χ4n) is 4.14. The number of hydrogen-bond acceptors (Lipinski definition) is 1. The van der Waals surface area contributed by atoms with Gasteiger partial charge < -0.3 is 0 Å². The summed E-state index contributed by atoms with van der Waals surface area (Å²) in [7, 11) is 0. The van der Waals surface area contributed by atoms with Crippen LogP contribution in [0, 0.1) is 17.8 Å². The highest BCUT2D eigenvalue weighted by molar-refractivity contribution is 5.96. The zero-order chi connectivity index (χ0) is 14.3. The van der Waals surface area contributed by atoms with Crippen molar-refractivity contribution in [2.75, 3.05) is 0 Å². The minimum atomic E-state index is 0.159. The molecule has 0 amide bonds. The molecule has 3 atom stereocenters. The summed E-state index contributed by atoms with van der Waals surface area (Å²) in [4.78, 5) is 12.4. The molecule has 1 heteroatoms. The summed E-state index contributed by atoms with van der Waals surface area (Å²) in [5, 5.41) is 0. The molecule has 0 N–H and O–H groups in total. The molecule has 2 fully saturated rings. The first-order chi connectivity index (χ1) is 9.43. The van der Waals surface area contributed by atoms with Gasteiger partial charge in [-0.05, 0) is 48.0 Å². The van der Waals surface area contributed by atoms with Gasteiger partial charge in [0.25, 0.3) is 0 Å². The summed E-state index contributed by atoms with van der Waals surface area (Å²) in [5.74, 6) is 2.80. The SMILES string of the molecule is CC(C)(C)c1ccc(C(=O)CC2CC3CCC2C3)cc1. The summed E-state index contributed by atoms with van der Waals surface area (Å²) >= 11 is 0. The Morgan fingerprint density at radius 3 is 2.30 bits per heavy atom. The largest absolute Gasteiger partial charge is 0.294 e. The summed E-state index contributed by atoms with van der Waals surface area (Å²) in [6.07, 6.45) is 6.24. The second-order valence-electron chi connectivity index (χ2n) is 7.89. The normalized spacial score (nSPS) is 28.9. The van der Waals surface area contributed by atoms with Crippen molar-refractivity contribution in [2.45, 2.75) is 58.3 Å². The van der Waals surface area contributed by atoms with Gasteiger partial charge in [0.15, 0.2) is 5.78 Å². The van der Waals surface area contributed by atoms with Crippen LogP contribution in [0.4, 0.5) is 0 Å². The van der Waals surface area contributed by atoms with Gasteiger partial charge >= 0.3 is 0 Å². The lowest BCUT2D eigenvalue weighted by molar-refractivity contribution is 0.0944. The van der Waals surface area contributed by atoms with Crippen LogP contribution in [-0.2, 0) is 5.41 Å². The van der Waals surface area contributed by atoms with Crippen molar-refractivity contribution >= 4 is 5.78 Å². The average molecular weight is 270 g/mol. The maximum atomic E-state index is 12.4. The number of carbonyl (C=O) groups is 1. The zero-order valence-corrected chi connectivity index (χ0v) is 13.0. The van der Waals surface area contributed by atoms with Gasteiger partial charge in [-0.2, -0.15) is 0 Å². The molecule has 2 saturated carbocycles. The van der Waals surface area contributed by atoms with Gasteiger partial charge in [-0.25, -0.2) is 0 Å². The first-order valence-corrected chi connectivity index (χ1v) is 8.07. The van der Waals surface area contributed by atoms with Crippen molar-refractivity contribution in [3.8, 4) is 0 Å². The molecule has 1 aromatic rings. The van der Waals surface area contributed by atoms with Gasteiger partial charge in [-0.15, -0.1) is 0 Å². The maximum Gasteiger partial charge on any atom is 0.163 e. The molecule has 0 spiro atoms. The number of Topliss-reactive ketones (excluding diaryl/α,β-unsaturated/α-hetero) is 1. The Bertz CT molecular complexity index is 491. The number of ketones is 1. The maximum absolute atomic E-state index is 12.4. The van der Waals surface area contributed by atoms with E-state index in [4.69, 9.17) is 0 Å². The molecule has 0 saturated heterocycles. The van der Waals surface area contributed by atoms with E-state index < -0.39 is 0 Å². The molecule has 1 aromatic carbocycles. The molecule has 108 valence electrons. The van der Waals surface area contributed by atoms with Crippen LogP contribution in [0.1, 0.15) is 68.8 Å². The minimum absolute atomic E-state index is 0.159. The van der Waals surface area contributed by atoms with Crippen molar-refractivity contribution in [1.82, 2.24) is 0 Å². The molecule has 1 nitrogen and oxygen atoms in total. The van der Waals surface area contributed by atoms with E-state index in [0.717, 1.165) is 23.8 Å². The lowest BCUT2D eigenvalue weighted by atomic mass is 9.83. The van der Waals surface area contributed by atoms with Crippen LogP contribution in [0.3, 0.4) is 0 Å². The first-order valence-electron chi connectivity index (χ1n) is 8.07. The molecule has 2 aliphatic rings. The molecule has 2 bridgehead atoms. The van der Waals surface area contributed by atoms with Crippen molar-refractivity contribution in [3.63, 3.8) is 0 Å². The molecule has 20 heavy (non-hydrogen) atoms. The Kier molecular flexibility index (Phi) is 3.48. The standard InChI is InChI=1S/C19H26O/c1-19(2,3)17-8-6-14(7-9-17)18(20)12-16-11-13-4-5-15(16)10-13/h6-9,13,15-16H,4-5,10-12H2,1-3H3. The Hall–Kier alpha value is -1.11. The van der Waals surface area contributed by atoms with E-state index in [2.05, 4.69) is 32.9 Å². The summed E-state index contributed by atoms with van der Waals surface area (Å²) < 4.78 is 0. The Labute approximate surface area is 122 Å². The highest BCUT2D eigenvalue weighted by Gasteiger charge is 2.40. The fraction of sp³-hybridized carbons (Fsp3) is 0.632. The third kappa shape index (κ3) is 2.68. The fourth-order valence-corrected chi connectivity index (χ4v) is 4.14. The lowest BCUT2D eigenvalue weighted by Gasteiger charge is -2.21. The van der Waals surface area contributed by atoms with Gasteiger partial charge in [-0.1, -0.05) is 51.5 Å². The quantitative estimate of drug-likeness (QED) is 0.707. The van der Waals surface area contributed by atoms with E-state index in [1.54, 1.807) is 0 Å². The van der Waals surface area contributed by atoms with Crippen LogP contribution in [0.5, 0.6) is 0 Å². The smallest absolute Gasteiger partial charge is 0.163 e. The number of hydrogen-bond donors (Lipinski definition) is 0. The van der Waals surface area contributed by atoms with E-state index in [1.165, 1.54) is 31.2 Å². The molecule has 3 rings (SSSR count). The molecule has 0 aliphatic heterocycles. The van der Waals surface area contributed by atoms with Crippen LogP contribution in [0.2, 0.25) is 0 Å². The van der Waals surface area contributed by atoms with Crippen molar-refractivity contribution in [2.24, 2.45) is 17.8 Å². The predicted molar refractivity (Wildman–Crippen MR) is 83.0 cm³/mol. The number of benzene rings is 1. The first kappa shape index (κ1) is 13.9. The molecular formula is C19H26O. The van der Waals surface area contributed by atoms with E-state index in [9.17, 15) is 4.79 Å². The predicted octanol–water partition coefficient (Wildman–Crippen LogP) is 4.99. The van der Waals surface area contributed by atoms with Crippen molar-refractivity contribution < 1.29 is 4.79 Å². The van der Waals surface area contributed by atoms with E-state index in [-0.39, 0.29) is 5.41 Å². The van der Waals surface area contributed by atoms with Crippen LogP contribution < -0.4 is 0 Å². The second-order valence-corrected chi connectivity index (χ2v) is 7.89. The number of carbonyl (C=O) groups excluding carboxylic acids is 1. The molecule has 3 unspecified atom stereocenters. The van der Waals surface area contributed by atoms with E-state index in [1.807, 2.05) is 12.1 Å². The number of fused-ring (bicyclic) bond motifs is 2. The summed E-state index contributed by atoms with van der Waals surface area (Å²) in [6, 6.07) is 8.29. The molecule has 2 aliphatic carbocycles. The van der Waals surface area contributed by atoms with Gasteiger partial charge in [0.2, 0.25) is 0 Å². The average Bonchev–Trinajstić information content (AvgIpc) is 3.00. The van der Waals surface area contributed by atoms with E-state index in [0.29, 0.717) is 11.7 Å². The Morgan fingerprint density at radius 2 is 1.80 bits per heavy atom. The van der Waals surface area contributed by atoms with Crippen LogP contribution in [0.25, 0.3) is 0 Å². The monoisotopic (exact) mass is 270 g/mol. The van der Waals surface area contributed by atoms with Crippen LogP contribution in [-0.4, -0.2) is 5.78 Å². The summed E-state index contributed by atoms with van der Waals surface area (Å²) in [6.45, 7) is 6.62. The van der Waals surface area contributed by atoms with E-state index >= 15 is 0 Å². The van der Waals surface area contributed by atoms with Crippen molar-refractivity contribution in [1.29, 1.82) is 0 Å². The Morgan fingerprint density at radius 1 is 1.10 bits per heavy atom. The van der Waals surface area contributed by atoms with Gasteiger partial charge in [0, 0.05) is 12.0 Å². The molecule has 0 radical (unpaired) electrons. The molecule has 0 heterocycles. The molecular weight excluding hydrogens is 244 g/mol. The second kappa shape index (κ2) is 5.02.